The van der Waals surface area contributed by atoms with Crippen molar-refractivity contribution in [3.63, 3.8) is 0 Å². The number of hydrogen-bond acceptors (Lipinski definition) is 4. The summed E-state index contributed by atoms with van der Waals surface area (Å²) in [6, 6.07) is 9.32. The molecule has 1 aromatic rings. The Hall–Kier alpha value is -1.43. The van der Waals surface area contributed by atoms with Gasteiger partial charge in [0.2, 0.25) is 5.91 Å². The van der Waals surface area contributed by atoms with Gasteiger partial charge < -0.3 is 20.5 Å². The van der Waals surface area contributed by atoms with Crippen LogP contribution in [0.4, 0.5) is 0 Å². The number of nitrogens with one attached hydrogen (secondary N) is 1. The maximum absolute atomic E-state index is 11.9. The van der Waals surface area contributed by atoms with E-state index in [4.69, 9.17) is 15.2 Å². The first-order valence-electron chi connectivity index (χ1n) is 8.02. The Bertz CT molecular complexity index is 433. The molecule has 0 aromatic heterocycles. The largest absolute Gasteiger partial charge is 0.381 e. The molecule has 1 aromatic carbocycles. The molecule has 1 saturated heterocycles. The van der Waals surface area contributed by atoms with Gasteiger partial charge in [0.25, 0.3) is 0 Å². The fourth-order valence-electron chi connectivity index (χ4n) is 2.47. The first-order chi connectivity index (χ1) is 10.8. The zero-order valence-electron chi connectivity index (χ0n) is 13.0. The summed E-state index contributed by atoms with van der Waals surface area (Å²) in [7, 11) is 0. The average Bonchev–Trinajstić information content (AvgIpc) is 2.56. The molecule has 5 heteroatoms. The van der Waals surface area contributed by atoms with Crippen LogP contribution in [0.5, 0.6) is 0 Å². The number of carbonyl (C=O) groups is 1. The van der Waals surface area contributed by atoms with Gasteiger partial charge in [-0.3, -0.25) is 4.79 Å². The van der Waals surface area contributed by atoms with E-state index in [0.717, 1.165) is 38.0 Å². The van der Waals surface area contributed by atoms with Crippen LogP contribution in [0, 0.1) is 0 Å². The first-order valence-corrected chi connectivity index (χ1v) is 8.02. The molecule has 1 aliphatic heterocycles. The molecule has 122 valence electrons. The molecule has 0 aliphatic carbocycles. The highest BCUT2D eigenvalue weighted by molar-refractivity contribution is 5.81. The van der Waals surface area contributed by atoms with Crippen LogP contribution in [-0.4, -0.2) is 44.4 Å². The quantitative estimate of drug-likeness (QED) is 0.709. The van der Waals surface area contributed by atoms with Gasteiger partial charge in [-0.25, -0.2) is 0 Å². The minimum absolute atomic E-state index is 0.102. The van der Waals surface area contributed by atoms with Gasteiger partial charge in [0.1, 0.15) is 0 Å². The predicted octanol–water partition coefficient (Wildman–Crippen LogP) is 1.26. The van der Waals surface area contributed by atoms with Crippen molar-refractivity contribution in [2.45, 2.75) is 37.8 Å². The SMILES string of the molecule is N[C@@H](Cc1ccccc1)C(=O)NCCCOC1CCOCC1. The molecular formula is C17H26N2O3. The fraction of sp³-hybridized carbons (Fsp3) is 0.588. The van der Waals surface area contributed by atoms with E-state index in [1.807, 2.05) is 30.3 Å². The number of benzene rings is 1. The van der Waals surface area contributed by atoms with Gasteiger partial charge in [0.05, 0.1) is 12.1 Å². The second-order valence-corrected chi connectivity index (χ2v) is 5.62. The molecule has 1 atom stereocenters. The van der Waals surface area contributed by atoms with Crippen molar-refractivity contribution in [2.24, 2.45) is 5.73 Å². The van der Waals surface area contributed by atoms with Gasteiger partial charge in [-0.2, -0.15) is 0 Å². The summed E-state index contributed by atoms with van der Waals surface area (Å²) >= 11 is 0. The van der Waals surface area contributed by atoms with Crippen LogP contribution in [0.25, 0.3) is 0 Å². The van der Waals surface area contributed by atoms with E-state index in [2.05, 4.69) is 5.32 Å². The zero-order valence-corrected chi connectivity index (χ0v) is 13.0. The molecule has 1 aliphatic rings. The lowest BCUT2D eigenvalue weighted by molar-refractivity contribution is -0.122. The maximum Gasteiger partial charge on any atom is 0.237 e. The molecule has 0 spiro atoms. The summed E-state index contributed by atoms with van der Waals surface area (Å²) in [5.74, 6) is -0.102. The number of amides is 1. The Morgan fingerprint density at radius 3 is 2.77 bits per heavy atom. The van der Waals surface area contributed by atoms with E-state index in [0.29, 0.717) is 25.7 Å². The smallest absolute Gasteiger partial charge is 0.237 e. The number of nitrogens with two attached hydrogens (primary N) is 1. The molecule has 1 amide bonds. The van der Waals surface area contributed by atoms with Crippen LogP contribution in [-0.2, 0) is 20.7 Å². The van der Waals surface area contributed by atoms with Crippen molar-refractivity contribution < 1.29 is 14.3 Å². The monoisotopic (exact) mass is 306 g/mol. The fourth-order valence-corrected chi connectivity index (χ4v) is 2.47. The normalized spacial score (nSPS) is 17.1. The molecule has 0 saturated carbocycles. The third kappa shape index (κ3) is 6.13. The van der Waals surface area contributed by atoms with Gasteiger partial charge in [-0.1, -0.05) is 30.3 Å². The highest BCUT2D eigenvalue weighted by Gasteiger charge is 2.15. The van der Waals surface area contributed by atoms with Gasteiger partial charge in [0, 0.05) is 26.4 Å². The molecule has 2 rings (SSSR count). The van der Waals surface area contributed by atoms with Gasteiger partial charge >= 0.3 is 0 Å². The van der Waals surface area contributed by atoms with E-state index in [-0.39, 0.29) is 5.91 Å². The second kappa shape index (κ2) is 9.56. The summed E-state index contributed by atoms with van der Waals surface area (Å²) in [6.07, 6.45) is 3.61. The lowest BCUT2D eigenvalue weighted by atomic mass is 10.1. The van der Waals surface area contributed by atoms with Gasteiger partial charge in [0.15, 0.2) is 0 Å². The van der Waals surface area contributed by atoms with Crippen molar-refractivity contribution in [1.29, 1.82) is 0 Å². The number of carbonyl (C=O) groups excluding carboxylic acids is 1. The predicted molar refractivity (Wildman–Crippen MR) is 85.5 cm³/mol. The summed E-state index contributed by atoms with van der Waals surface area (Å²) in [4.78, 5) is 11.9. The molecule has 1 heterocycles. The highest BCUT2D eigenvalue weighted by Crippen LogP contribution is 2.10. The van der Waals surface area contributed by atoms with Crippen molar-refractivity contribution in [1.82, 2.24) is 5.32 Å². The summed E-state index contributed by atoms with van der Waals surface area (Å²) in [5, 5.41) is 2.87. The Morgan fingerprint density at radius 2 is 2.05 bits per heavy atom. The standard InChI is InChI=1S/C17H26N2O3/c18-16(13-14-5-2-1-3-6-14)17(20)19-9-4-10-22-15-7-11-21-12-8-15/h1-3,5-6,15-16H,4,7-13,18H2,(H,19,20)/t16-/m0/s1. The van der Waals surface area contributed by atoms with E-state index >= 15 is 0 Å². The van der Waals surface area contributed by atoms with Crippen LogP contribution >= 0.6 is 0 Å². The molecule has 0 radical (unpaired) electrons. The minimum Gasteiger partial charge on any atom is -0.381 e. The van der Waals surface area contributed by atoms with E-state index in [1.54, 1.807) is 0 Å². The molecule has 22 heavy (non-hydrogen) atoms. The summed E-state index contributed by atoms with van der Waals surface area (Å²) in [5.41, 5.74) is 7.00. The van der Waals surface area contributed by atoms with Crippen molar-refractivity contribution in [3.8, 4) is 0 Å². The Morgan fingerprint density at radius 1 is 1.32 bits per heavy atom. The molecule has 1 fully saturated rings. The second-order valence-electron chi connectivity index (χ2n) is 5.62. The Kier molecular flexibility index (Phi) is 7.36. The Labute approximate surface area is 132 Å². The number of rotatable bonds is 8. The number of hydrogen-bond donors (Lipinski definition) is 2. The number of ether oxygens (including phenoxy) is 2. The zero-order chi connectivity index (χ0) is 15.6. The molecule has 5 nitrogen and oxygen atoms in total. The topological polar surface area (TPSA) is 73.6 Å². The van der Waals surface area contributed by atoms with Gasteiger partial charge in [-0.15, -0.1) is 0 Å². The van der Waals surface area contributed by atoms with Crippen LogP contribution in [0.15, 0.2) is 30.3 Å². The van der Waals surface area contributed by atoms with Crippen LogP contribution in [0.1, 0.15) is 24.8 Å². The average molecular weight is 306 g/mol. The third-order valence-electron chi connectivity index (χ3n) is 3.78. The molecule has 3 N–H and O–H groups in total. The van der Waals surface area contributed by atoms with E-state index in [1.165, 1.54) is 0 Å². The van der Waals surface area contributed by atoms with Crippen LogP contribution in [0.2, 0.25) is 0 Å². The third-order valence-corrected chi connectivity index (χ3v) is 3.78. The lowest BCUT2D eigenvalue weighted by Crippen LogP contribution is -2.42. The summed E-state index contributed by atoms with van der Waals surface area (Å²) in [6.45, 7) is 2.84. The summed E-state index contributed by atoms with van der Waals surface area (Å²) < 4.78 is 11.0. The highest BCUT2D eigenvalue weighted by atomic mass is 16.5. The maximum atomic E-state index is 11.9. The lowest BCUT2D eigenvalue weighted by Gasteiger charge is -2.22. The van der Waals surface area contributed by atoms with Gasteiger partial charge in [-0.05, 0) is 31.2 Å². The van der Waals surface area contributed by atoms with Crippen molar-refractivity contribution in [2.75, 3.05) is 26.4 Å². The Balaban J connectivity index is 1.55. The first kappa shape index (κ1) is 16.9. The van der Waals surface area contributed by atoms with E-state index < -0.39 is 6.04 Å². The van der Waals surface area contributed by atoms with Crippen molar-refractivity contribution in [3.05, 3.63) is 35.9 Å². The van der Waals surface area contributed by atoms with E-state index in [9.17, 15) is 4.79 Å². The molecular weight excluding hydrogens is 280 g/mol. The molecule has 0 unspecified atom stereocenters. The van der Waals surface area contributed by atoms with Crippen molar-refractivity contribution >= 4 is 5.91 Å². The van der Waals surface area contributed by atoms with Crippen LogP contribution in [0.3, 0.4) is 0 Å². The minimum atomic E-state index is -0.501. The molecule has 0 bridgehead atoms. The van der Waals surface area contributed by atoms with Crippen LogP contribution < -0.4 is 11.1 Å².